The number of aryl methyl sites for hydroxylation is 2. The Bertz CT molecular complexity index is 1150. The number of carboxylic acids is 1. The van der Waals surface area contributed by atoms with Gasteiger partial charge in [0.25, 0.3) is 0 Å². The number of hydrogen-bond donors (Lipinski definition) is 1. The SMILES string of the molecule is CCCC1C=C2c3nc4cc(F)c(C)c5c4c(c3CN2C(=O)C1CCC(=O)O)CCC5. The van der Waals surface area contributed by atoms with Crippen LogP contribution in [-0.2, 0) is 29.0 Å². The monoisotopic (exact) mass is 422 g/mol. The number of carbonyl (C=O) groups is 2. The first-order valence-corrected chi connectivity index (χ1v) is 11.3. The molecule has 3 heterocycles. The second-order valence-corrected chi connectivity index (χ2v) is 9.09. The molecule has 1 aliphatic carbocycles. The highest BCUT2D eigenvalue weighted by Gasteiger charge is 2.42. The number of hydrogen-bond acceptors (Lipinski definition) is 3. The standard InChI is InChI=1S/C25H27FN2O3/c1-3-5-14-10-21-24-18(12-28(21)25(31)16(14)8-9-22(29)30)17-7-4-6-15-13(2)19(26)11-20(27-24)23(15)17/h10-11,14,16H,3-9,12H2,1-2H3,(H,29,30). The molecule has 1 amide bonds. The Balaban J connectivity index is 1.65. The third-order valence-electron chi connectivity index (χ3n) is 7.28. The Labute approximate surface area is 181 Å². The third-order valence-corrected chi connectivity index (χ3v) is 7.28. The molecule has 0 saturated heterocycles. The van der Waals surface area contributed by atoms with Crippen LogP contribution in [0, 0.1) is 24.6 Å². The van der Waals surface area contributed by atoms with Crippen LogP contribution in [0.3, 0.4) is 0 Å². The fourth-order valence-electron chi connectivity index (χ4n) is 5.78. The molecule has 1 aromatic heterocycles. The maximum Gasteiger partial charge on any atom is 0.303 e. The number of nitrogens with zero attached hydrogens (tertiary/aromatic N) is 2. The lowest BCUT2D eigenvalue weighted by molar-refractivity contribution is -0.139. The van der Waals surface area contributed by atoms with E-state index in [9.17, 15) is 14.0 Å². The van der Waals surface area contributed by atoms with Gasteiger partial charge in [0.15, 0.2) is 0 Å². The van der Waals surface area contributed by atoms with Gasteiger partial charge in [-0.15, -0.1) is 0 Å². The summed E-state index contributed by atoms with van der Waals surface area (Å²) in [5, 5.41) is 10.2. The average Bonchev–Trinajstić information content (AvgIpc) is 3.11. The van der Waals surface area contributed by atoms with Crippen LogP contribution in [0.1, 0.15) is 67.0 Å². The number of rotatable bonds is 5. The van der Waals surface area contributed by atoms with Crippen molar-refractivity contribution in [3.05, 3.63) is 45.9 Å². The minimum atomic E-state index is -0.871. The van der Waals surface area contributed by atoms with Crippen molar-refractivity contribution in [3.8, 4) is 0 Å². The van der Waals surface area contributed by atoms with Crippen molar-refractivity contribution >= 4 is 28.5 Å². The highest BCUT2D eigenvalue weighted by Crippen LogP contribution is 2.46. The quantitative estimate of drug-likeness (QED) is 0.754. The van der Waals surface area contributed by atoms with E-state index in [2.05, 4.69) is 13.0 Å². The van der Waals surface area contributed by atoms with Gasteiger partial charge >= 0.3 is 5.97 Å². The first kappa shape index (κ1) is 20.2. The first-order chi connectivity index (χ1) is 14.9. The van der Waals surface area contributed by atoms with E-state index in [0.717, 1.165) is 60.0 Å². The molecule has 5 nitrogen and oxygen atoms in total. The zero-order valence-corrected chi connectivity index (χ0v) is 18.0. The van der Waals surface area contributed by atoms with E-state index in [4.69, 9.17) is 10.1 Å². The molecule has 2 aliphatic heterocycles. The molecule has 0 radical (unpaired) electrons. The van der Waals surface area contributed by atoms with Gasteiger partial charge in [-0.1, -0.05) is 19.4 Å². The van der Waals surface area contributed by atoms with Crippen LogP contribution in [0.2, 0.25) is 0 Å². The molecule has 1 aromatic carbocycles. The van der Waals surface area contributed by atoms with Crippen molar-refractivity contribution < 1.29 is 19.1 Å². The number of allylic oxidation sites excluding steroid dienone is 1. The number of aliphatic carboxylic acids is 1. The first-order valence-electron chi connectivity index (χ1n) is 11.3. The Kier molecular flexibility index (Phi) is 4.83. The molecular weight excluding hydrogens is 395 g/mol. The topological polar surface area (TPSA) is 70.5 Å². The largest absolute Gasteiger partial charge is 0.481 e. The van der Waals surface area contributed by atoms with Gasteiger partial charge in [0, 0.05) is 29.4 Å². The lowest BCUT2D eigenvalue weighted by Crippen LogP contribution is -2.39. The second kappa shape index (κ2) is 7.43. The number of carbonyl (C=O) groups excluding carboxylic acids is 1. The van der Waals surface area contributed by atoms with Crippen LogP contribution >= 0.6 is 0 Å². The maximum absolute atomic E-state index is 14.6. The Morgan fingerprint density at radius 1 is 1.26 bits per heavy atom. The number of amides is 1. The molecule has 2 atom stereocenters. The van der Waals surface area contributed by atoms with Crippen LogP contribution in [0.25, 0.3) is 16.6 Å². The van der Waals surface area contributed by atoms with E-state index in [1.54, 1.807) is 4.90 Å². The number of aromatic nitrogens is 1. The van der Waals surface area contributed by atoms with Crippen molar-refractivity contribution in [2.24, 2.45) is 11.8 Å². The minimum Gasteiger partial charge on any atom is -0.481 e. The summed E-state index contributed by atoms with van der Waals surface area (Å²) >= 11 is 0. The van der Waals surface area contributed by atoms with Crippen LogP contribution in [-0.4, -0.2) is 26.9 Å². The summed E-state index contributed by atoms with van der Waals surface area (Å²) in [5.41, 5.74) is 6.38. The van der Waals surface area contributed by atoms with Crippen molar-refractivity contribution in [3.63, 3.8) is 0 Å². The Morgan fingerprint density at radius 2 is 2.03 bits per heavy atom. The van der Waals surface area contributed by atoms with Crippen molar-refractivity contribution in [1.82, 2.24) is 9.88 Å². The smallest absolute Gasteiger partial charge is 0.303 e. The van der Waals surface area contributed by atoms with Gasteiger partial charge in [-0.2, -0.15) is 0 Å². The van der Waals surface area contributed by atoms with Crippen LogP contribution in [0.5, 0.6) is 0 Å². The van der Waals surface area contributed by atoms with E-state index < -0.39 is 5.97 Å². The lowest BCUT2D eigenvalue weighted by atomic mass is 9.81. The van der Waals surface area contributed by atoms with Gasteiger partial charge in [-0.25, -0.2) is 9.37 Å². The van der Waals surface area contributed by atoms with Crippen LogP contribution in [0.4, 0.5) is 4.39 Å². The lowest BCUT2D eigenvalue weighted by Gasteiger charge is -2.34. The van der Waals surface area contributed by atoms with Gasteiger partial charge < -0.3 is 10.0 Å². The Morgan fingerprint density at radius 3 is 2.77 bits per heavy atom. The molecule has 0 fully saturated rings. The third kappa shape index (κ3) is 3.07. The highest BCUT2D eigenvalue weighted by atomic mass is 19.1. The van der Waals surface area contributed by atoms with Gasteiger partial charge in [0.05, 0.1) is 23.5 Å². The van der Waals surface area contributed by atoms with Crippen LogP contribution < -0.4 is 0 Å². The number of carboxylic acid groups (broad SMARTS) is 1. The van der Waals surface area contributed by atoms with Gasteiger partial charge in [0.2, 0.25) is 5.91 Å². The van der Waals surface area contributed by atoms with Crippen molar-refractivity contribution in [2.75, 3.05) is 0 Å². The van der Waals surface area contributed by atoms with Crippen molar-refractivity contribution in [1.29, 1.82) is 0 Å². The predicted molar refractivity (Wildman–Crippen MR) is 116 cm³/mol. The van der Waals surface area contributed by atoms with E-state index >= 15 is 0 Å². The van der Waals surface area contributed by atoms with E-state index in [0.29, 0.717) is 24.0 Å². The molecule has 0 saturated carbocycles. The molecule has 3 aliphatic rings. The van der Waals surface area contributed by atoms with Crippen molar-refractivity contribution in [2.45, 2.75) is 65.3 Å². The minimum absolute atomic E-state index is 0.00409. The maximum atomic E-state index is 14.6. The molecule has 31 heavy (non-hydrogen) atoms. The molecule has 0 bridgehead atoms. The van der Waals surface area contributed by atoms with E-state index in [1.807, 2.05) is 6.92 Å². The summed E-state index contributed by atoms with van der Waals surface area (Å²) < 4.78 is 14.6. The average molecular weight is 423 g/mol. The molecule has 6 heteroatoms. The fraction of sp³-hybridized carbons (Fsp3) is 0.480. The molecule has 2 aromatic rings. The number of pyridine rings is 1. The zero-order valence-electron chi connectivity index (χ0n) is 18.0. The molecule has 1 N–H and O–H groups in total. The zero-order chi connectivity index (χ0) is 21.9. The Hall–Kier alpha value is -2.76. The predicted octanol–water partition coefficient (Wildman–Crippen LogP) is 4.77. The number of benzene rings is 1. The fourth-order valence-corrected chi connectivity index (χ4v) is 5.78. The second-order valence-electron chi connectivity index (χ2n) is 9.09. The summed E-state index contributed by atoms with van der Waals surface area (Å²) in [6, 6.07) is 1.54. The molecule has 2 unspecified atom stereocenters. The highest BCUT2D eigenvalue weighted by molar-refractivity contribution is 5.97. The number of halogens is 1. The summed E-state index contributed by atoms with van der Waals surface area (Å²) in [5.74, 6) is -1.39. The molecule has 162 valence electrons. The molecule has 0 spiro atoms. The molecular formula is C25H27FN2O3. The van der Waals surface area contributed by atoms with E-state index in [1.165, 1.54) is 11.6 Å². The van der Waals surface area contributed by atoms with Gasteiger partial charge in [-0.05, 0) is 61.6 Å². The summed E-state index contributed by atoms with van der Waals surface area (Å²) in [6.45, 7) is 4.40. The normalized spacial score (nSPS) is 21.8. The number of fused-ring (bicyclic) bond motifs is 4. The van der Waals surface area contributed by atoms with Gasteiger partial charge in [-0.3, -0.25) is 9.59 Å². The summed E-state index contributed by atoms with van der Waals surface area (Å²) in [4.78, 5) is 31.3. The van der Waals surface area contributed by atoms with Gasteiger partial charge in [0.1, 0.15) is 5.82 Å². The molecule has 5 rings (SSSR count). The van der Waals surface area contributed by atoms with Crippen LogP contribution in [0.15, 0.2) is 12.1 Å². The summed E-state index contributed by atoms with van der Waals surface area (Å²) in [6.07, 6.45) is 6.97. The van der Waals surface area contributed by atoms with E-state index in [-0.39, 0.29) is 30.0 Å². The summed E-state index contributed by atoms with van der Waals surface area (Å²) in [7, 11) is 0.